The predicted molar refractivity (Wildman–Crippen MR) is 92.1 cm³/mol. The highest BCUT2D eigenvalue weighted by Crippen LogP contribution is 2.25. The number of urea groups is 1. The number of imide groups is 2. The van der Waals surface area contributed by atoms with Crippen LogP contribution in [0.15, 0.2) is 18.2 Å². The topological polar surface area (TPSA) is 86.8 Å². The number of hydrogen-bond acceptors (Lipinski definition) is 4. The van der Waals surface area contributed by atoms with Gasteiger partial charge in [0.1, 0.15) is 6.54 Å². The fourth-order valence-corrected chi connectivity index (χ4v) is 2.72. The molecule has 9 heteroatoms. The second kappa shape index (κ2) is 7.41. The van der Waals surface area contributed by atoms with E-state index in [1.807, 2.05) is 0 Å². The lowest BCUT2D eigenvalue weighted by Gasteiger charge is -2.19. The molecule has 2 rings (SSSR count). The van der Waals surface area contributed by atoms with Crippen molar-refractivity contribution in [3.63, 3.8) is 0 Å². The van der Waals surface area contributed by atoms with Gasteiger partial charge in [-0.2, -0.15) is 0 Å². The van der Waals surface area contributed by atoms with Crippen molar-refractivity contribution >= 4 is 47.0 Å². The Morgan fingerprint density at radius 1 is 1.08 bits per heavy atom. The van der Waals surface area contributed by atoms with Crippen molar-refractivity contribution in [2.24, 2.45) is 0 Å². The van der Waals surface area contributed by atoms with Crippen LogP contribution in [0.1, 0.15) is 32.4 Å². The van der Waals surface area contributed by atoms with Gasteiger partial charge in [0.15, 0.2) is 0 Å². The highest BCUT2D eigenvalue weighted by Gasteiger charge is 2.46. The molecule has 1 saturated heterocycles. The van der Waals surface area contributed by atoms with Gasteiger partial charge in [0.2, 0.25) is 5.91 Å². The van der Waals surface area contributed by atoms with Gasteiger partial charge >= 0.3 is 17.8 Å². The Morgan fingerprint density at radius 3 is 2.24 bits per heavy atom. The summed E-state index contributed by atoms with van der Waals surface area (Å²) >= 11 is 11.8. The lowest BCUT2D eigenvalue weighted by molar-refractivity contribution is -0.144. The van der Waals surface area contributed by atoms with Crippen LogP contribution in [0.4, 0.5) is 4.79 Å². The van der Waals surface area contributed by atoms with E-state index in [9.17, 15) is 19.2 Å². The van der Waals surface area contributed by atoms with Crippen molar-refractivity contribution in [1.29, 1.82) is 0 Å². The molecule has 0 spiro atoms. The predicted octanol–water partition coefficient (Wildman–Crippen LogP) is 2.37. The van der Waals surface area contributed by atoms with E-state index in [0.29, 0.717) is 20.5 Å². The minimum atomic E-state index is -1.00. The van der Waals surface area contributed by atoms with E-state index in [1.165, 1.54) is 0 Å². The zero-order valence-corrected chi connectivity index (χ0v) is 15.4. The molecule has 1 fully saturated rings. The highest BCUT2D eigenvalue weighted by atomic mass is 35.5. The minimum Gasteiger partial charge on any atom is -0.348 e. The van der Waals surface area contributed by atoms with Crippen LogP contribution >= 0.6 is 23.2 Å². The van der Waals surface area contributed by atoms with Crippen molar-refractivity contribution in [3.05, 3.63) is 33.8 Å². The van der Waals surface area contributed by atoms with Crippen LogP contribution in [-0.2, 0) is 14.4 Å². The maximum Gasteiger partial charge on any atom is 0.334 e. The summed E-state index contributed by atoms with van der Waals surface area (Å²) in [5, 5.41) is 3.40. The van der Waals surface area contributed by atoms with Crippen molar-refractivity contribution in [2.45, 2.75) is 32.9 Å². The lowest BCUT2D eigenvalue weighted by Crippen LogP contribution is -2.43. The molecule has 1 aliphatic rings. The van der Waals surface area contributed by atoms with Gasteiger partial charge in [0.05, 0.1) is 16.1 Å². The third kappa shape index (κ3) is 3.93. The molecule has 1 aromatic rings. The molecule has 1 aromatic carbocycles. The van der Waals surface area contributed by atoms with Gasteiger partial charge in [-0.15, -0.1) is 0 Å². The average Bonchev–Trinajstić information content (AvgIpc) is 2.73. The Bertz CT molecular complexity index is 751. The van der Waals surface area contributed by atoms with Gasteiger partial charge in [-0.1, -0.05) is 29.3 Å². The van der Waals surface area contributed by atoms with E-state index >= 15 is 0 Å². The third-order valence-corrected chi connectivity index (χ3v) is 4.46. The first-order valence-corrected chi connectivity index (χ1v) is 8.32. The molecule has 7 nitrogen and oxygen atoms in total. The van der Waals surface area contributed by atoms with Crippen LogP contribution < -0.4 is 5.32 Å². The van der Waals surface area contributed by atoms with Gasteiger partial charge < -0.3 is 5.32 Å². The second-order valence-electron chi connectivity index (χ2n) is 5.91. The number of carbonyl (C=O) groups excluding carboxylic acids is 4. The monoisotopic (exact) mass is 385 g/mol. The zero-order valence-electron chi connectivity index (χ0n) is 13.9. The first-order valence-electron chi connectivity index (χ1n) is 7.56. The van der Waals surface area contributed by atoms with Gasteiger partial charge in [0, 0.05) is 6.04 Å². The average molecular weight is 386 g/mol. The highest BCUT2D eigenvalue weighted by molar-refractivity contribution is 6.45. The number of amides is 5. The van der Waals surface area contributed by atoms with Crippen LogP contribution in [0.3, 0.4) is 0 Å². The third-order valence-electron chi connectivity index (χ3n) is 3.72. The molecule has 25 heavy (non-hydrogen) atoms. The maximum atomic E-state index is 12.2. The summed E-state index contributed by atoms with van der Waals surface area (Å²) in [7, 11) is 0. The molecule has 0 bridgehead atoms. The van der Waals surface area contributed by atoms with E-state index in [-0.39, 0.29) is 0 Å². The van der Waals surface area contributed by atoms with Crippen LogP contribution in [0.2, 0.25) is 10.0 Å². The normalized spacial score (nSPS) is 16.0. The fourth-order valence-electron chi connectivity index (χ4n) is 2.41. The van der Waals surface area contributed by atoms with E-state index in [1.54, 1.807) is 39.0 Å². The largest absolute Gasteiger partial charge is 0.348 e. The number of nitrogens with zero attached hydrogens (tertiary/aromatic N) is 2. The smallest absolute Gasteiger partial charge is 0.334 e. The maximum absolute atomic E-state index is 12.2. The standard InChI is InChI=1S/C16H17Cl2N3O4/c1-8(2)21-15(24)14(23)20(16(21)25)7-13(22)19-9(3)10-4-5-11(17)12(18)6-10/h4-6,8-9H,7H2,1-3H3,(H,19,22)/t9-/m1/s1. The molecule has 1 heterocycles. The van der Waals surface area contributed by atoms with Gasteiger partial charge in [-0.25, -0.2) is 9.69 Å². The summed E-state index contributed by atoms with van der Waals surface area (Å²) in [5.74, 6) is -2.50. The first kappa shape index (κ1) is 19.2. The van der Waals surface area contributed by atoms with Gasteiger partial charge in [0.25, 0.3) is 0 Å². The molecule has 5 amide bonds. The van der Waals surface area contributed by atoms with Crippen LogP contribution in [0, 0.1) is 0 Å². The summed E-state index contributed by atoms with van der Waals surface area (Å²) in [4.78, 5) is 49.5. The molecule has 0 unspecified atom stereocenters. The lowest BCUT2D eigenvalue weighted by atomic mass is 10.1. The van der Waals surface area contributed by atoms with E-state index < -0.39 is 42.4 Å². The van der Waals surface area contributed by atoms with Gasteiger partial charge in [-0.3, -0.25) is 19.3 Å². The van der Waals surface area contributed by atoms with Crippen molar-refractivity contribution in [1.82, 2.24) is 15.1 Å². The van der Waals surface area contributed by atoms with Gasteiger partial charge in [-0.05, 0) is 38.5 Å². The Morgan fingerprint density at radius 2 is 1.72 bits per heavy atom. The molecule has 1 atom stereocenters. The molecule has 134 valence electrons. The van der Waals surface area contributed by atoms with Crippen LogP contribution in [0.5, 0.6) is 0 Å². The number of benzene rings is 1. The molecule has 0 radical (unpaired) electrons. The fraction of sp³-hybridized carbons (Fsp3) is 0.375. The van der Waals surface area contributed by atoms with Crippen LogP contribution in [-0.4, -0.2) is 46.1 Å². The zero-order chi connectivity index (χ0) is 18.9. The second-order valence-corrected chi connectivity index (χ2v) is 6.72. The molecule has 1 aliphatic heterocycles. The number of nitrogens with one attached hydrogen (secondary N) is 1. The molecule has 0 saturated carbocycles. The number of halogens is 2. The summed E-state index contributed by atoms with van der Waals surface area (Å²) < 4.78 is 0. The van der Waals surface area contributed by atoms with Crippen molar-refractivity contribution in [2.75, 3.05) is 6.54 Å². The molecule has 1 N–H and O–H groups in total. The summed E-state index contributed by atoms with van der Waals surface area (Å²) in [6.45, 7) is 4.41. The van der Waals surface area contributed by atoms with Crippen LogP contribution in [0.25, 0.3) is 0 Å². The Kier molecular flexibility index (Phi) is 5.69. The van der Waals surface area contributed by atoms with Crippen molar-refractivity contribution in [3.8, 4) is 0 Å². The van der Waals surface area contributed by atoms with E-state index in [2.05, 4.69) is 5.32 Å². The SMILES string of the molecule is CC(C)N1C(=O)C(=O)N(CC(=O)N[C@H](C)c2ccc(Cl)c(Cl)c2)C1=O. The minimum absolute atomic E-state index is 0.350. The molecule has 0 aliphatic carbocycles. The number of rotatable bonds is 5. The molecular formula is C16H17Cl2N3O4. The Labute approximate surface area is 154 Å². The van der Waals surface area contributed by atoms with E-state index in [0.717, 1.165) is 4.90 Å². The number of hydrogen-bond donors (Lipinski definition) is 1. The number of carbonyl (C=O) groups is 4. The Balaban J connectivity index is 2.04. The quantitative estimate of drug-likeness (QED) is 0.622. The Hall–Kier alpha value is -2.12. The van der Waals surface area contributed by atoms with Crippen molar-refractivity contribution < 1.29 is 19.2 Å². The molecular weight excluding hydrogens is 369 g/mol. The molecule has 0 aromatic heterocycles. The summed E-state index contributed by atoms with van der Waals surface area (Å²) in [5.41, 5.74) is 0.710. The summed E-state index contributed by atoms with van der Waals surface area (Å²) in [6, 6.07) is 3.25. The van der Waals surface area contributed by atoms with E-state index in [4.69, 9.17) is 23.2 Å². The summed E-state index contributed by atoms with van der Waals surface area (Å²) in [6.07, 6.45) is 0. The first-order chi connectivity index (χ1) is 11.6.